The molecule has 0 spiro atoms. The van der Waals surface area contributed by atoms with Crippen molar-refractivity contribution in [1.29, 1.82) is 0 Å². The van der Waals surface area contributed by atoms with E-state index in [1.165, 1.54) is 0 Å². The van der Waals surface area contributed by atoms with Crippen molar-refractivity contribution >= 4 is 5.84 Å². The first-order valence-electron chi connectivity index (χ1n) is 2.44. The van der Waals surface area contributed by atoms with Crippen LogP contribution in [0, 0.1) is 0 Å². The molecule has 0 aromatic rings. The first-order valence-corrected chi connectivity index (χ1v) is 2.44. The smallest absolute Gasteiger partial charge is 0.137 e. The fraction of sp³-hybridized carbons (Fsp3) is 0.750. The van der Waals surface area contributed by atoms with Crippen molar-refractivity contribution in [2.75, 3.05) is 14.1 Å². The van der Waals surface area contributed by atoms with E-state index in [2.05, 4.69) is 15.5 Å². The van der Waals surface area contributed by atoms with E-state index in [9.17, 15) is 0 Å². The van der Waals surface area contributed by atoms with Crippen molar-refractivity contribution in [2.45, 2.75) is 6.92 Å². The van der Waals surface area contributed by atoms with Gasteiger partial charge in [0, 0.05) is 12.1 Å². The van der Waals surface area contributed by atoms with Gasteiger partial charge < -0.3 is 0 Å². The summed E-state index contributed by atoms with van der Waals surface area (Å²) in [6, 6.07) is 0. The molecule has 8 heavy (non-hydrogen) atoms. The van der Waals surface area contributed by atoms with Crippen molar-refractivity contribution in [3.05, 3.63) is 0 Å². The van der Waals surface area contributed by atoms with Gasteiger partial charge >= 0.3 is 0 Å². The fourth-order valence-electron chi connectivity index (χ4n) is 0.359. The van der Waals surface area contributed by atoms with Crippen molar-refractivity contribution in [2.24, 2.45) is 15.5 Å². The normalized spacial score (nSPS) is 23.6. The maximum absolute atomic E-state index is 3.81. The number of amidine groups is 1. The predicted octanol–water partition coefficient (Wildman–Crippen LogP) is 0.777. The van der Waals surface area contributed by atoms with Gasteiger partial charge in [0.1, 0.15) is 14.1 Å². The quantitative estimate of drug-likeness (QED) is 0.416. The third-order valence-corrected chi connectivity index (χ3v) is 1.24. The fourth-order valence-corrected chi connectivity index (χ4v) is 0.359. The standard InChI is InChI=1S/C4H9N4/c1-4-5-6-7-8(4,2)3/h1-3H3/q+1. The highest BCUT2D eigenvalue weighted by atomic mass is 15.8. The molecule has 0 aromatic heterocycles. The maximum Gasteiger partial charge on any atom is 0.248 e. The number of rotatable bonds is 0. The Balaban J connectivity index is 2.87. The lowest BCUT2D eigenvalue weighted by atomic mass is 10.6. The summed E-state index contributed by atoms with van der Waals surface area (Å²) < 4.78 is 0.444. The topological polar surface area (TPSA) is 37.1 Å². The second kappa shape index (κ2) is 1.35. The molecule has 1 rings (SSSR count). The molecular weight excluding hydrogens is 104 g/mol. The second-order valence-electron chi connectivity index (χ2n) is 2.22. The van der Waals surface area contributed by atoms with Crippen LogP contribution in [0.4, 0.5) is 0 Å². The van der Waals surface area contributed by atoms with E-state index in [4.69, 9.17) is 0 Å². The van der Waals surface area contributed by atoms with E-state index in [0.717, 1.165) is 5.84 Å². The van der Waals surface area contributed by atoms with Crippen molar-refractivity contribution < 1.29 is 4.59 Å². The highest BCUT2D eigenvalue weighted by Crippen LogP contribution is 2.08. The molecule has 0 saturated carbocycles. The molecule has 1 aliphatic heterocycles. The molecule has 0 unspecified atom stereocenters. The Morgan fingerprint density at radius 1 is 1.38 bits per heavy atom. The van der Waals surface area contributed by atoms with Crippen molar-refractivity contribution in [1.82, 2.24) is 0 Å². The molecule has 44 valence electrons. The average Bonchev–Trinajstić information content (AvgIpc) is 1.86. The van der Waals surface area contributed by atoms with E-state index < -0.39 is 0 Å². The minimum absolute atomic E-state index is 0.444. The van der Waals surface area contributed by atoms with Crippen LogP contribution in [-0.4, -0.2) is 24.5 Å². The lowest BCUT2D eigenvalue weighted by molar-refractivity contribution is -0.808. The number of quaternary nitrogens is 1. The van der Waals surface area contributed by atoms with Crippen LogP contribution >= 0.6 is 0 Å². The highest BCUT2D eigenvalue weighted by molar-refractivity contribution is 5.72. The average molecular weight is 113 g/mol. The van der Waals surface area contributed by atoms with Crippen LogP contribution in [0.1, 0.15) is 6.92 Å². The molecular formula is C4H9N4+. The van der Waals surface area contributed by atoms with Gasteiger partial charge in [-0.3, -0.25) is 0 Å². The Hall–Kier alpha value is -0.770. The van der Waals surface area contributed by atoms with Gasteiger partial charge in [0.25, 0.3) is 0 Å². The number of nitrogens with zero attached hydrogens (tertiary/aromatic N) is 4. The van der Waals surface area contributed by atoms with Crippen molar-refractivity contribution in [3.63, 3.8) is 0 Å². The molecule has 0 aliphatic carbocycles. The third-order valence-electron chi connectivity index (χ3n) is 1.24. The van der Waals surface area contributed by atoms with Gasteiger partial charge in [0.15, 0.2) is 0 Å². The van der Waals surface area contributed by atoms with Crippen LogP contribution < -0.4 is 0 Å². The third kappa shape index (κ3) is 0.626. The van der Waals surface area contributed by atoms with Gasteiger partial charge in [-0.05, 0) is 0 Å². The Morgan fingerprint density at radius 3 is 2.12 bits per heavy atom. The largest absolute Gasteiger partial charge is 0.248 e. The monoisotopic (exact) mass is 113 g/mol. The van der Waals surface area contributed by atoms with Gasteiger partial charge in [0.2, 0.25) is 5.84 Å². The summed E-state index contributed by atoms with van der Waals surface area (Å²) in [5.74, 6) is 0.921. The summed E-state index contributed by atoms with van der Waals surface area (Å²) in [5.41, 5.74) is 0. The van der Waals surface area contributed by atoms with E-state index >= 15 is 0 Å². The van der Waals surface area contributed by atoms with Crippen LogP contribution in [0.25, 0.3) is 0 Å². The van der Waals surface area contributed by atoms with Gasteiger partial charge in [-0.2, -0.15) is 0 Å². The molecule has 4 heteroatoms. The molecule has 0 bridgehead atoms. The van der Waals surface area contributed by atoms with Gasteiger partial charge in [-0.15, -0.1) is 4.59 Å². The Bertz CT molecular complexity index is 155. The molecule has 1 heterocycles. The Morgan fingerprint density at radius 2 is 2.00 bits per heavy atom. The van der Waals surface area contributed by atoms with E-state index in [1.54, 1.807) is 0 Å². The molecule has 0 fully saturated rings. The first-order chi connectivity index (χ1) is 3.63. The summed E-state index contributed by atoms with van der Waals surface area (Å²) in [6.07, 6.45) is 0. The molecule has 0 atom stereocenters. The second-order valence-corrected chi connectivity index (χ2v) is 2.22. The van der Waals surface area contributed by atoms with Gasteiger partial charge in [-0.1, -0.05) is 5.10 Å². The summed E-state index contributed by atoms with van der Waals surface area (Å²) in [4.78, 5) is 0. The molecule has 0 aromatic carbocycles. The lowest BCUT2D eigenvalue weighted by Crippen LogP contribution is -2.35. The summed E-state index contributed by atoms with van der Waals surface area (Å²) in [5, 5.41) is 11.0. The van der Waals surface area contributed by atoms with Gasteiger partial charge in [0.05, 0.1) is 5.22 Å². The van der Waals surface area contributed by atoms with E-state index in [0.29, 0.717) is 4.59 Å². The maximum atomic E-state index is 3.81. The van der Waals surface area contributed by atoms with Crippen molar-refractivity contribution in [3.8, 4) is 0 Å². The zero-order chi connectivity index (χ0) is 6.20. The van der Waals surface area contributed by atoms with Crippen LogP contribution in [-0.2, 0) is 0 Å². The Kier molecular flexibility index (Phi) is 0.907. The minimum Gasteiger partial charge on any atom is -0.137 e. The zero-order valence-corrected chi connectivity index (χ0v) is 5.29. The van der Waals surface area contributed by atoms with Crippen LogP contribution in [0.2, 0.25) is 0 Å². The lowest BCUT2D eigenvalue weighted by Gasteiger charge is -2.11. The van der Waals surface area contributed by atoms with E-state index in [-0.39, 0.29) is 0 Å². The molecule has 1 aliphatic rings. The molecule has 0 amide bonds. The summed E-state index contributed by atoms with van der Waals surface area (Å²) in [6.45, 7) is 1.90. The zero-order valence-electron chi connectivity index (χ0n) is 5.29. The summed E-state index contributed by atoms with van der Waals surface area (Å²) >= 11 is 0. The molecule has 0 N–H and O–H groups in total. The molecule has 0 saturated heterocycles. The van der Waals surface area contributed by atoms with Crippen LogP contribution in [0.15, 0.2) is 15.5 Å². The van der Waals surface area contributed by atoms with Crippen LogP contribution in [0.5, 0.6) is 0 Å². The number of hydrogen-bond donors (Lipinski definition) is 0. The summed E-state index contributed by atoms with van der Waals surface area (Å²) in [7, 11) is 3.85. The van der Waals surface area contributed by atoms with E-state index in [1.807, 2.05) is 21.0 Å². The predicted molar refractivity (Wildman–Crippen MR) is 30.1 cm³/mol. The highest BCUT2D eigenvalue weighted by Gasteiger charge is 2.24. The molecule has 0 radical (unpaired) electrons. The minimum atomic E-state index is 0.444. The van der Waals surface area contributed by atoms with Crippen LogP contribution in [0.3, 0.4) is 0 Å². The SMILES string of the molecule is CC1=NN=N[N+]1(C)C. The van der Waals surface area contributed by atoms with Gasteiger partial charge in [-0.25, -0.2) is 0 Å². The molecule has 4 nitrogen and oxygen atoms in total. The Labute approximate surface area is 48.1 Å². The number of hydrogen-bond acceptors (Lipinski definition) is 3. The first kappa shape index (κ1) is 5.37.